The molecule has 0 bridgehead atoms. The summed E-state index contributed by atoms with van der Waals surface area (Å²) in [5, 5.41) is 8.08. The second kappa shape index (κ2) is 7.02. The fourth-order valence-electron chi connectivity index (χ4n) is 4.43. The van der Waals surface area contributed by atoms with Crippen molar-refractivity contribution in [1.29, 1.82) is 0 Å². The first-order chi connectivity index (χ1) is 15.3. The summed E-state index contributed by atoms with van der Waals surface area (Å²) in [6.07, 6.45) is 1.32. The Hall–Kier alpha value is -4.06. The van der Waals surface area contributed by atoms with Crippen LogP contribution < -0.4 is 14.8 Å². The van der Waals surface area contributed by atoms with Crippen molar-refractivity contribution in [2.45, 2.75) is 12.1 Å². The maximum Gasteiger partial charge on any atom is 0.226 e. The number of aromatic nitrogens is 3. The van der Waals surface area contributed by atoms with Gasteiger partial charge in [0.05, 0.1) is 12.8 Å². The maximum atomic E-state index is 6.59. The monoisotopic (exact) mass is 408 g/mol. The fraction of sp³-hybridized carbons (Fsp3) is 0.120. The normalized spacial score (nSPS) is 18.9. The quantitative estimate of drug-likeness (QED) is 0.525. The number of rotatable bonds is 3. The van der Waals surface area contributed by atoms with E-state index in [1.807, 2.05) is 53.2 Å². The third kappa shape index (κ3) is 2.79. The Kier molecular flexibility index (Phi) is 4.02. The van der Waals surface area contributed by atoms with Gasteiger partial charge in [0.2, 0.25) is 5.95 Å². The van der Waals surface area contributed by atoms with E-state index in [4.69, 9.17) is 9.47 Å². The summed E-state index contributed by atoms with van der Waals surface area (Å²) in [5.41, 5.74) is 5.33. The molecule has 1 aromatic heterocycles. The summed E-state index contributed by atoms with van der Waals surface area (Å²) >= 11 is 0. The summed E-state index contributed by atoms with van der Waals surface area (Å²) in [5.74, 6) is 2.38. The number of nitrogens with zero attached hydrogens (tertiary/aromatic N) is 3. The van der Waals surface area contributed by atoms with Gasteiger partial charge in [-0.05, 0) is 35.4 Å². The minimum Gasteiger partial charge on any atom is -0.497 e. The Morgan fingerprint density at radius 2 is 1.68 bits per heavy atom. The Morgan fingerprint density at radius 1 is 0.903 bits per heavy atom. The molecular formula is C25H20N4O2. The molecule has 0 aliphatic carbocycles. The molecule has 6 heteroatoms. The number of ether oxygens (including phenoxy) is 2. The average Bonchev–Trinajstić information content (AvgIpc) is 3.31. The van der Waals surface area contributed by atoms with Crippen molar-refractivity contribution in [3.05, 3.63) is 107 Å². The molecule has 0 unspecified atom stereocenters. The number of hydrogen-bond donors (Lipinski definition) is 1. The first kappa shape index (κ1) is 17.8. The standard InChI is InChI=1S/C25H20N4O2/c1-30-18-13-11-16(12-14-18)23-21-22(28-25-26-15-27-29(23)25)19-9-5-6-10-20(19)31-24(21)17-7-3-2-4-8-17/h2-15,23-24H,1H3,(H,26,27,28)/t23-,24-/m1/s1. The Labute approximate surface area is 179 Å². The molecule has 4 aromatic rings. The molecule has 0 fully saturated rings. The van der Waals surface area contributed by atoms with E-state index in [1.54, 1.807) is 13.4 Å². The van der Waals surface area contributed by atoms with Gasteiger partial charge in [0.25, 0.3) is 0 Å². The Morgan fingerprint density at radius 3 is 2.48 bits per heavy atom. The second-order valence-electron chi connectivity index (χ2n) is 7.56. The molecule has 0 amide bonds. The lowest BCUT2D eigenvalue weighted by Crippen LogP contribution is -2.32. The summed E-state index contributed by atoms with van der Waals surface area (Å²) < 4.78 is 13.9. The molecular weight excluding hydrogens is 388 g/mol. The van der Waals surface area contributed by atoms with E-state index in [0.29, 0.717) is 5.95 Å². The zero-order valence-corrected chi connectivity index (χ0v) is 16.9. The van der Waals surface area contributed by atoms with Crippen LogP contribution >= 0.6 is 0 Å². The van der Waals surface area contributed by atoms with E-state index in [2.05, 4.69) is 45.7 Å². The van der Waals surface area contributed by atoms with Crippen LogP contribution in [0.15, 0.2) is 90.8 Å². The SMILES string of the molecule is COc1ccc([C@@H]2C3=C(Nc4ncnn42)c2ccccc2O[C@@H]3c2ccccc2)cc1. The van der Waals surface area contributed by atoms with Crippen molar-refractivity contribution < 1.29 is 9.47 Å². The molecule has 2 aliphatic rings. The van der Waals surface area contributed by atoms with E-state index in [9.17, 15) is 0 Å². The van der Waals surface area contributed by atoms with Gasteiger partial charge < -0.3 is 14.8 Å². The highest BCUT2D eigenvalue weighted by atomic mass is 16.5. The predicted molar refractivity (Wildman–Crippen MR) is 118 cm³/mol. The van der Waals surface area contributed by atoms with Crippen molar-refractivity contribution in [3.8, 4) is 11.5 Å². The second-order valence-corrected chi connectivity index (χ2v) is 7.56. The van der Waals surface area contributed by atoms with Crippen LogP contribution in [-0.4, -0.2) is 21.9 Å². The van der Waals surface area contributed by atoms with Crippen molar-refractivity contribution >= 4 is 11.6 Å². The summed E-state index contributed by atoms with van der Waals surface area (Å²) in [6.45, 7) is 0. The molecule has 3 heterocycles. The third-order valence-corrected chi connectivity index (χ3v) is 5.86. The summed E-state index contributed by atoms with van der Waals surface area (Å²) in [4.78, 5) is 4.47. The topological polar surface area (TPSA) is 61.2 Å². The van der Waals surface area contributed by atoms with Crippen molar-refractivity contribution in [1.82, 2.24) is 14.8 Å². The lowest BCUT2D eigenvalue weighted by atomic mass is 9.84. The number of para-hydroxylation sites is 1. The van der Waals surface area contributed by atoms with Gasteiger partial charge >= 0.3 is 0 Å². The number of nitrogens with one attached hydrogen (secondary N) is 1. The van der Waals surface area contributed by atoms with Gasteiger partial charge in [-0.25, -0.2) is 4.68 Å². The first-order valence-electron chi connectivity index (χ1n) is 10.2. The van der Waals surface area contributed by atoms with Crippen molar-refractivity contribution in [2.24, 2.45) is 0 Å². The Bertz CT molecular complexity index is 1280. The highest BCUT2D eigenvalue weighted by molar-refractivity contribution is 5.85. The minimum absolute atomic E-state index is 0.168. The number of methoxy groups -OCH3 is 1. The molecule has 2 aliphatic heterocycles. The van der Waals surface area contributed by atoms with E-state index in [0.717, 1.165) is 39.5 Å². The largest absolute Gasteiger partial charge is 0.497 e. The first-order valence-corrected chi connectivity index (χ1v) is 10.2. The number of fused-ring (bicyclic) bond motifs is 3. The molecule has 3 aromatic carbocycles. The van der Waals surface area contributed by atoms with Gasteiger partial charge in [-0.3, -0.25) is 0 Å². The lowest BCUT2D eigenvalue weighted by Gasteiger charge is -2.39. The van der Waals surface area contributed by atoms with Gasteiger partial charge in [-0.2, -0.15) is 10.1 Å². The van der Waals surface area contributed by atoms with E-state index < -0.39 is 0 Å². The highest BCUT2D eigenvalue weighted by Gasteiger charge is 2.40. The van der Waals surface area contributed by atoms with Crippen LogP contribution in [-0.2, 0) is 0 Å². The molecule has 6 rings (SSSR count). The zero-order chi connectivity index (χ0) is 20.8. The summed E-state index contributed by atoms with van der Waals surface area (Å²) in [6, 6.07) is 26.4. The molecule has 2 atom stereocenters. The fourth-order valence-corrected chi connectivity index (χ4v) is 4.43. The molecule has 0 spiro atoms. The number of hydrogen-bond acceptors (Lipinski definition) is 5. The van der Waals surface area contributed by atoms with Gasteiger partial charge in [-0.1, -0.05) is 54.6 Å². The molecule has 31 heavy (non-hydrogen) atoms. The third-order valence-electron chi connectivity index (χ3n) is 5.86. The highest BCUT2D eigenvalue weighted by Crippen LogP contribution is 2.50. The van der Waals surface area contributed by atoms with Gasteiger partial charge in [0, 0.05) is 11.1 Å². The Balaban J connectivity index is 1.61. The van der Waals surface area contributed by atoms with Crippen LogP contribution in [0.25, 0.3) is 5.70 Å². The van der Waals surface area contributed by atoms with Crippen LogP contribution in [0.5, 0.6) is 11.5 Å². The maximum absolute atomic E-state index is 6.59. The van der Waals surface area contributed by atoms with Crippen molar-refractivity contribution in [2.75, 3.05) is 12.4 Å². The van der Waals surface area contributed by atoms with Gasteiger partial charge in [0.15, 0.2) is 0 Å². The average molecular weight is 408 g/mol. The van der Waals surface area contributed by atoms with Crippen LogP contribution in [0.3, 0.4) is 0 Å². The molecule has 6 nitrogen and oxygen atoms in total. The van der Waals surface area contributed by atoms with Crippen LogP contribution in [0.2, 0.25) is 0 Å². The van der Waals surface area contributed by atoms with Crippen LogP contribution in [0.1, 0.15) is 28.8 Å². The predicted octanol–water partition coefficient (Wildman–Crippen LogP) is 4.85. The van der Waals surface area contributed by atoms with Gasteiger partial charge in [-0.15, -0.1) is 0 Å². The minimum atomic E-state index is -0.261. The molecule has 0 radical (unpaired) electrons. The smallest absolute Gasteiger partial charge is 0.226 e. The van der Waals surface area contributed by atoms with Crippen molar-refractivity contribution in [3.63, 3.8) is 0 Å². The number of anilines is 1. The number of benzene rings is 3. The molecule has 1 N–H and O–H groups in total. The van der Waals surface area contributed by atoms with E-state index in [-0.39, 0.29) is 12.1 Å². The van der Waals surface area contributed by atoms with E-state index >= 15 is 0 Å². The molecule has 0 saturated heterocycles. The van der Waals surface area contributed by atoms with Gasteiger partial charge in [0.1, 0.15) is 30.0 Å². The molecule has 152 valence electrons. The van der Waals surface area contributed by atoms with E-state index in [1.165, 1.54) is 0 Å². The molecule has 0 saturated carbocycles. The van der Waals surface area contributed by atoms with Crippen LogP contribution in [0, 0.1) is 0 Å². The zero-order valence-electron chi connectivity index (χ0n) is 16.9. The van der Waals surface area contributed by atoms with Crippen LogP contribution in [0.4, 0.5) is 5.95 Å². The summed E-state index contributed by atoms with van der Waals surface area (Å²) in [7, 11) is 1.67. The lowest BCUT2D eigenvalue weighted by molar-refractivity contribution is 0.223.